The molecule has 1 aliphatic rings. The van der Waals surface area contributed by atoms with Crippen LogP contribution in [-0.4, -0.2) is 59.1 Å². The van der Waals surface area contributed by atoms with Gasteiger partial charge in [0.2, 0.25) is 0 Å². The topological polar surface area (TPSA) is 64.6 Å². The van der Waals surface area contributed by atoms with Crippen LogP contribution >= 0.6 is 11.8 Å². The molecule has 0 saturated carbocycles. The molecule has 144 valence electrons. The molecule has 2 heterocycles. The van der Waals surface area contributed by atoms with Crippen LogP contribution in [0.25, 0.3) is 0 Å². The number of rotatable bonds is 6. The molecule has 1 aliphatic heterocycles. The third-order valence-electron chi connectivity index (χ3n) is 4.70. The maximum atomic E-state index is 12.2. The molecule has 27 heavy (non-hydrogen) atoms. The van der Waals surface area contributed by atoms with Gasteiger partial charge >= 0.3 is 5.97 Å². The Balaban J connectivity index is 1.64. The third kappa shape index (κ3) is 5.28. The van der Waals surface area contributed by atoms with Crippen molar-refractivity contribution >= 4 is 17.7 Å². The molecule has 2 aromatic rings. The van der Waals surface area contributed by atoms with Gasteiger partial charge in [0.05, 0.1) is 11.7 Å². The van der Waals surface area contributed by atoms with Crippen molar-refractivity contribution in [2.45, 2.75) is 36.1 Å². The molecule has 2 unspecified atom stereocenters. The van der Waals surface area contributed by atoms with E-state index in [4.69, 9.17) is 9.47 Å². The average Bonchev–Trinajstić information content (AvgIpc) is 2.69. The van der Waals surface area contributed by atoms with Gasteiger partial charge < -0.3 is 14.4 Å². The molecule has 0 bridgehead atoms. The molecule has 0 spiro atoms. The summed E-state index contributed by atoms with van der Waals surface area (Å²) in [6.07, 6.45) is 4.10. The van der Waals surface area contributed by atoms with Crippen LogP contribution in [0.5, 0.6) is 0 Å². The quantitative estimate of drug-likeness (QED) is 0.557. The van der Waals surface area contributed by atoms with Crippen LogP contribution in [0.3, 0.4) is 0 Å². The number of aromatic nitrogens is 2. The first kappa shape index (κ1) is 19.8. The Morgan fingerprint density at radius 2 is 1.93 bits per heavy atom. The average molecular weight is 388 g/mol. The fourth-order valence-corrected chi connectivity index (χ4v) is 4.29. The Hall–Kier alpha value is -1.96. The van der Waals surface area contributed by atoms with Crippen LogP contribution in [0.4, 0.5) is 0 Å². The van der Waals surface area contributed by atoms with E-state index in [2.05, 4.69) is 35.9 Å². The van der Waals surface area contributed by atoms with E-state index in [0.29, 0.717) is 16.8 Å². The van der Waals surface area contributed by atoms with Gasteiger partial charge in [0.25, 0.3) is 0 Å². The van der Waals surface area contributed by atoms with Gasteiger partial charge in [-0.3, -0.25) is 0 Å². The standard InChI is InChI=1S/C20H25N3O3S/c1-14-17(23(2)3)12-16(13-25-18(24)15-8-5-4-6-9-15)26-19(14)27-20-21-10-7-11-22-20/h4-11,14,16-17,19H,12-13H2,1-3H3/t14-,16+,17?,19?/m1/s1. The second kappa shape index (κ2) is 9.30. The fourth-order valence-electron chi connectivity index (χ4n) is 3.23. The van der Waals surface area contributed by atoms with Crippen molar-refractivity contribution in [3.05, 3.63) is 54.4 Å². The molecule has 4 atom stereocenters. The van der Waals surface area contributed by atoms with E-state index in [-0.39, 0.29) is 30.0 Å². The lowest BCUT2D eigenvalue weighted by molar-refractivity contribution is -0.0897. The normalized spacial score (nSPS) is 25.3. The van der Waals surface area contributed by atoms with Crippen molar-refractivity contribution < 1.29 is 14.3 Å². The molecular formula is C20H25N3O3S. The summed E-state index contributed by atoms with van der Waals surface area (Å²) in [6.45, 7) is 2.41. The summed E-state index contributed by atoms with van der Waals surface area (Å²) in [6, 6.07) is 11.1. The van der Waals surface area contributed by atoms with Crippen molar-refractivity contribution in [3.8, 4) is 0 Å². The zero-order chi connectivity index (χ0) is 19.2. The van der Waals surface area contributed by atoms with Gasteiger partial charge in [-0.1, -0.05) is 36.9 Å². The molecular weight excluding hydrogens is 362 g/mol. The van der Waals surface area contributed by atoms with Gasteiger partial charge in [-0.15, -0.1) is 0 Å². The molecule has 0 radical (unpaired) electrons. The zero-order valence-corrected chi connectivity index (χ0v) is 16.6. The highest BCUT2D eigenvalue weighted by molar-refractivity contribution is 7.99. The number of hydrogen-bond acceptors (Lipinski definition) is 7. The number of thioether (sulfide) groups is 1. The lowest BCUT2D eigenvalue weighted by atomic mass is 9.93. The molecule has 1 aromatic heterocycles. The van der Waals surface area contributed by atoms with Gasteiger partial charge in [0.1, 0.15) is 12.0 Å². The highest BCUT2D eigenvalue weighted by Crippen LogP contribution is 2.36. The molecule has 6 nitrogen and oxygen atoms in total. The lowest BCUT2D eigenvalue weighted by Gasteiger charge is -2.42. The van der Waals surface area contributed by atoms with E-state index in [9.17, 15) is 4.79 Å². The summed E-state index contributed by atoms with van der Waals surface area (Å²) in [5.41, 5.74) is 0.448. The number of carbonyl (C=O) groups is 1. The van der Waals surface area contributed by atoms with E-state index in [1.54, 1.807) is 30.6 Å². The Morgan fingerprint density at radius 3 is 2.59 bits per heavy atom. The zero-order valence-electron chi connectivity index (χ0n) is 15.8. The first-order chi connectivity index (χ1) is 13.0. The van der Waals surface area contributed by atoms with Gasteiger partial charge in [-0.25, -0.2) is 14.8 Å². The van der Waals surface area contributed by atoms with Crippen molar-refractivity contribution in [2.24, 2.45) is 5.92 Å². The predicted octanol–water partition coefficient (Wildman–Crippen LogP) is 3.11. The maximum Gasteiger partial charge on any atom is 0.338 e. The Morgan fingerprint density at radius 1 is 1.22 bits per heavy atom. The van der Waals surface area contributed by atoms with Crippen LogP contribution in [0.1, 0.15) is 23.7 Å². The minimum absolute atomic E-state index is 0.103. The van der Waals surface area contributed by atoms with Crippen LogP contribution in [0.2, 0.25) is 0 Å². The van der Waals surface area contributed by atoms with Crippen LogP contribution < -0.4 is 0 Å². The summed E-state index contributed by atoms with van der Waals surface area (Å²) in [5, 5.41) is 0.689. The number of benzene rings is 1. The van der Waals surface area contributed by atoms with E-state index in [1.165, 1.54) is 11.8 Å². The molecule has 0 amide bonds. The van der Waals surface area contributed by atoms with E-state index in [0.717, 1.165) is 6.42 Å². The summed E-state index contributed by atoms with van der Waals surface area (Å²) >= 11 is 1.52. The van der Waals surface area contributed by atoms with Crippen LogP contribution in [-0.2, 0) is 9.47 Å². The predicted molar refractivity (Wildman–Crippen MR) is 105 cm³/mol. The first-order valence-corrected chi connectivity index (χ1v) is 9.90. The van der Waals surface area contributed by atoms with Crippen molar-refractivity contribution in [2.75, 3.05) is 20.7 Å². The van der Waals surface area contributed by atoms with Gasteiger partial charge in [-0.2, -0.15) is 0 Å². The van der Waals surface area contributed by atoms with E-state index < -0.39 is 0 Å². The van der Waals surface area contributed by atoms with Crippen LogP contribution in [0.15, 0.2) is 53.9 Å². The second-order valence-corrected chi connectivity index (χ2v) is 7.93. The Labute approximate surface area is 164 Å². The number of hydrogen-bond donors (Lipinski definition) is 0. The minimum atomic E-state index is -0.324. The second-order valence-electron chi connectivity index (χ2n) is 6.87. The summed E-state index contributed by atoms with van der Waals surface area (Å²) in [4.78, 5) is 23.0. The molecule has 1 saturated heterocycles. The fraction of sp³-hybridized carbons (Fsp3) is 0.450. The highest BCUT2D eigenvalue weighted by Gasteiger charge is 2.38. The largest absolute Gasteiger partial charge is 0.459 e. The van der Waals surface area contributed by atoms with Gasteiger partial charge in [-0.05, 0) is 38.7 Å². The minimum Gasteiger partial charge on any atom is -0.459 e. The third-order valence-corrected chi connectivity index (χ3v) is 5.90. The number of carbonyl (C=O) groups excluding carboxylic acids is 1. The smallest absolute Gasteiger partial charge is 0.338 e. The summed E-state index contributed by atoms with van der Waals surface area (Å²) in [5.74, 6) is -0.0373. The molecule has 0 aliphatic carbocycles. The molecule has 7 heteroatoms. The Bertz CT molecular complexity index is 730. The monoisotopic (exact) mass is 387 g/mol. The van der Waals surface area contributed by atoms with E-state index >= 15 is 0 Å². The SMILES string of the molecule is C[C@H]1C(Sc2ncccn2)O[C@H](COC(=O)c2ccccc2)CC1N(C)C. The lowest BCUT2D eigenvalue weighted by Crippen LogP contribution is -2.49. The van der Waals surface area contributed by atoms with Crippen molar-refractivity contribution in [3.63, 3.8) is 0 Å². The number of nitrogens with zero attached hydrogens (tertiary/aromatic N) is 3. The van der Waals surface area contributed by atoms with Gasteiger partial charge in [0.15, 0.2) is 5.16 Å². The highest BCUT2D eigenvalue weighted by atomic mass is 32.2. The molecule has 0 N–H and O–H groups in total. The Kier molecular flexibility index (Phi) is 6.82. The number of esters is 1. The van der Waals surface area contributed by atoms with Gasteiger partial charge in [0, 0.05) is 24.4 Å². The molecule has 1 fully saturated rings. The van der Waals surface area contributed by atoms with E-state index in [1.807, 2.05) is 18.2 Å². The van der Waals surface area contributed by atoms with Crippen LogP contribution in [0, 0.1) is 5.92 Å². The van der Waals surface area contributed by atoms with Crippen molar-refractivity contribution in [1.82, 2.24) is 14.9 Å². The summed E-state index contributed by atoms with van der Waals surface area (Å²) in [7, 11) is 4.14. The molecule has 3 rings (SSSR count). The van der Waals surface area contributed by atoms with Crippen molar-refractivity contribution in [1.29, 1.82) is 0 Å². The summed E-state index contributed by atoms with van der Waals surface area (Å²) < 4.78 is 11.8. The number of ether oxygens (including phenoxy) is 2. The first-order valence-electron chi connectivity index (χ1n) is 9.02. The molecule has 1 aromatic carbocycles. The maximum absolute atomic E-state index is 12.2.